The van der Waals surface area contributed by atoms with E-state index in [2.05, 4.69) is 42.8 Å². The van der Waals surface area contributed by atoms with E-state index in [1.807, 2.05) is 16.7 Å². The van der Waals surface area contributed by atoms with E-state index in [0.29, 0.717) is 24.3 Å². The number of ether oxygens (including phenoxy) is 1. The Morgan fingerprint density at radius 1 is 1.14 bits per heavy atom. The molecule has 29 heavy (non-hydrogen) atoms. The first-order valence-electron chi connectivity index (χ1n) is 9.94. The summed E-state index contributed by atoms with van der Waals surface area (Å²) in [6.45, 7) is 8.89. The molecule has 0 bridgehead atoms. The van der Waals surface area contributed by atoms with E-state index in [9.17, 15) is 9.59 Å². The third-order valence-corrected chi connectivity index (χ3v) is 5.54. The van der Waals surface area contributed by atoms with Gasteiger partial charge in [-0.3, -0.25) is 19.2 Å². The molecule has 0 spiro atoms. The highest BCUT2D eigenvalue weighted by Gasteiger charge is 2.25. The maximum Gasteiger partial charge on any atom is 0.329 e. The van der Waals surface area contributed by atoms with Gasteiger partial charge in [-0.25, -0.2) is 9.78 Å². The van der Waals surface area contributed by atoms with Crippen molar-refractivity contribution in [3.63, 3.8) is 0 Å². The number of aromatic amines is 1. The smallest absolute Gasteiger partial charge is 0.329 e. The summed E-state index contributed by atoms with van der Waals surface area (Å²) in [5, 5.41) is 0. The topological polar surface area (TPSA) is 85.2 Å². The zero-order chi connectivity index (χ0) is 20.7. The second-order valence-corrected chi connectivity index (χ2v) is 7.98. The lowest BCUT2D eigenvalue weighted by molar-refractivity contribution is -0.0712. The van der Waals surface area contributed by atoms with Gasteiger partial charge in [-0.2, -0.15) is 0 Å². The molecule has 4 rings (SSSR count). The van der Waals surface area contributed by atoms with Crippen molar-refractivity contribution in [2.45, 2.75) is 46.1 Å². The van der Waals surface area contributed by atoms with Gasteiger partial charge in [0.25, 0.3) is 5.56 Å². The summed E-state index contributed by atoms with van der Waals surface area (Å²) < 4.78 is 9.19. The number of aromatic nitrogens is 4. The van der Waals surface area contributed by atoms with Gasteiger partial charge in [-0.05, 0) is 31.9 Å². The number of aryl methyl sites for hydroxylation is 2. The van der Waals surface area contributed by atoms with Crippen LogP contribution < -0.4 is 11.2 Å². The molecule has 0 amide bonds. The van der Waals surface area contributed by atoms with Gasteiger partial charge >= 0.3 is 5.69 Å². The lowest BCUT2D eigenvalue weighted by Gasteiger charge is -2.35. The third-order valence-electron chi connectivity index (χ3n) is 5.54. The minimum Gasteiger partial charge on any atom is -0.373 e. The average Bonchev–Trinajstić information content (AvgIpc) is 2.99. The van der Waals surface area contributed by atoms with E-state index in [1.165, 1.54) is 4.57 Å². The first-order chi connectivity index (χ1) is 13.8. The van der Waals surface area contributed by atoms with Crippen molar-refractivity contribution in [1.29, 1.82) is 0 Å². The zero-order valence-corrected chi connectivity index (χ0v) is 17.3. The van der Waals surface area contributed by atoms with Gasteiger partial charge in [0.1, 0.15) is 5.82 Å². The molecule has 154 valence electrons. The SMILES string of the molecule is Cc1ccccc1Cn1c(CN2C[C@@H](C)O[C@H](C)C2)nc2c1c(=O)[nH]c(=O)n2C. The van der Waals surface area contributed by atoms with E-state index in [4.69, 9.17) is 9.72 Å². The average molecular weight is 397 g/mol. The predicted octanol–water partition coefficient (Wildman–Crippen LogP) is 1.39. The van der Waals surface area contributed by atoms with Crippen LogP contribution in [0.15, 0.2) is 33.9 Å². The Labute approximate surface area is 168 Å². The van der Waals surface area contributed by atoms with Crippen LogP contribution in [0, 0.1) is 6.92 Å². The van der Waals surface area contributed by atoms with Gasteiger partial charge in [0.2, 0.25) is 0 Å². The number of nitrogens with zero attached hydrogens (tertiary/aromatic N) is 4. The minimum atomic E-state index is -0.455. The van der Waals surface area contributed by atoms with Crippen molar-refractivity contribution < 1.29 is 4.74 Å². The molecular weight excluding hydrogens is 370 g/mol. The lowest BCUT2D eigenvalue weighted by Crippen LogP contribution is -2.45. The molecule has 8 nitrogen and oxygen atoms in total. The monoisotopic (exact) mass is 397 g/mol. The second kappa shape index (κ2) is 7.61. The Kier molecular flexibility index (Phi) is 5.14. The number of fused-ring (bicyclic) bond motifs is 1. The molecule has 1 fully saturated rings. The molecule has 1 saturated heterocycles. The zero-order valence-electron chi connectivity index (χ0n) is 17.3. The summed E-state index contributed by atoms with van der Waals surface area (Å²) in [4.78, 5) is 34.2. The summed E-state index contributed by atoms with van der Waals surface area (Å²) in [5.41, 5.74) is 2.25. The molecule has 0 saturated carbocycles. The van der Waals surface area contributed by atoms with Crippen LogP contribution in [0.5, 0.6) is 0 Å². The van der Waals surface area contributed by atoms with Crippen LogP contribution >= 0.6 is 0 Å². The fourth-order valence-electron chi connectivity index (χ4n) is 4.14. The van der Waals surface area contributed by atoms with Crippen LogP contribution in [0.25, 0.3) is 11.2 Å². The highest BCUT2D eigenvalue weighted by molar-refractivity contribution is 5.71. The molecule has 1 aromatic carbocycles. The van der Waals surface area contributed by atoms with Gasteiger partial charge in [-0.1, -0.05) is 24.3 Å². The molecule has 3 aromatic rings. The number of benzene rings is 1. The Morgan fingerprint density at radius 3 is 2.52 bits per heavy atom. The molecule has 0 unspecified atom stereocenters. The quantitative estimate of drug-likeness (QED) is 0.719. The number of nitrogens with one attached hydrogen (secondary N) is 1. The van der Waals surface area contributed by atoms with Gasteiger partial charge in [0.15, 0.2) is 11.2 Å². The molecule has 2 atom stereocenters. The van der Waals surface area contributed by atoms with Crippen LogP contribution in [0.4, 0.5) is 0 Å². The molecule has 1 aliphatic rings. The number of morpholine rings is 1. The van der Waals surface area contributed by atoms with Crippen LogP contribution in [-0.4, -0.2) is 49.3 Å². The van der Waals surface area contributed by atoms with E-state index >= 15 is 0 Å². The van der Waals surface area contributed by atoms with Crippen molar-refractivity contribution in [3.05, 3.63) is 62.1 Å². The van der Waals surface area contributed by atoms with Crippen molar-refractivity contribution in [1.82, 2.24) is 24.0 Å². The number of rotatable bonds is 4. The molecule has 2 aromatic heterocycles. The largest absolute Gasteiger partial charge is 0.373 e. The maximum atomic E-state index is 12.7. The summed E-state index contributed by atoms with van der Waals surface area (Å²) >= 11 is 0. The van der Waals surface area contributed by atoms with E-state index in [1.54, 1.807) is 7.05 Å². The number of hydrogen-bond acceptors (Lipinski definition) is 5. The molecule has 8 heteroatoms. The first-order valence-corrected chi connectivity index (χ1v) is 9.94. The summed E-state index contributed by atoms with van der Waals surface area (Å²) in [6.07, 6.45) is 0.279. The van der Waals surface area contributed by atoms with Gasteiger partial charge in [0, 0.05) is 26.7 Å². The molecule has 1 aliphatic heterocycles. The first kappa shape index (κ1) is 19.6. The van der Waals surface area contributed by atoms with Crippen molar-refractivity contribution in [3.8, 4) is 0 Å². The fraction of sp³-hybridized carbons (Fsp3) is 0.476. The maximum absolute atomic E-state index is 12.7. The second-order valence-electron chi connectivity index (χ2n) is 7.98. The highest BCUT2D eigenvalue weighted by atomic mass is 16.5. The summed E-state index contributed by atoms with van der Waals surface area (Å²) in [5.74, 6) is 0.774. The molecule has 0 radical (unpaired) electrons. The molecular formula is C21H27N5O3. The Balaban J connectivity index is 1.83. The number of hydrogen-bond donors (Lipinski definition) is 1. The summed E-state index contributed by atoms with van der Waals surface area (Å²) in [6, 6.07) is 8.10. The van der Waals surface area contributed by atoms with Crippen LogP contribution in [0.3, 0.4) is 0 Å². The van der Waals surface area contributed by atoms with Gasteiger partial charge in [-0.15, -0.1) is 0 Å². The molecule has 1 N–H and O–H groups in total. The van der Waals surface area contributed by atoms with E-state index < -0.39 is 11.2 Å². The van der Waals surface area contributed by atoms with Crippen molar-refractivity contribution in [2.75, 3.05) is 13.1 Å². The fourth-order valence-corrected chi connectivity index (χ4v) is 4.14. The number of imidazole rings is 1. The van der Waals surface area contributed by atoms with Gasteiger partial charge in [0.05, 0.1) is 18.8 Å². The Hall–Kier alpha value is -2.71. The third kappa shape index (κ3) is 3.77. The Morgan fingerprint density at radius 2 is 1.83 bits per heavy atom. The number of H-pyrrole nitrogens is 1. The molecule has 3 heterocycles. The normalized spacial score (nSPS) is 20.4. The van der Waals surface area contributed by atoms with Crippen LogP contribution in [0.2, 0.25) is 0 Å². The lowest BCUT2D eigenvalue weighted by atomic mass is 10.1. The van der Waals surface area contributed by atoms with Crippen molar-refractivity contribution >= 4 is 11.2 Å². The Bertz CT molecular complexity index is 1150. The highest BCUT2D eigenvalue weighted by Crippen LogP contribution is 2.19. The van der Waals surface area contributed by atoms with Gasteiger partial charge < -0.3 is 9.30 Å². The predicted molar refractivity (Wildman–Crippen MR) is 111 cm³/mol. The van der Waals surface area contributed by atoms with Crippen LogP contribution in [-0.2, 0) is 24.9 Å². The van der Waals surface area contributed by atoms with Crippen LogP contribution in [0.1, 0.15) is 30.8 Å². The summed E-state index contributed by atoms with van der Waals surface area (Å²) in [7, 11) is 1.63. The standard InChI is InChI=1S/C21H27N5O3/c1-13-7-5-6-8-16(13)11-26-17(12-25-9-14(2)29-15(3)10-25)22-19-18(26)20(27)23-21(28)24(19)4/h5-8,14-15H,9-12H2,1-4H3,(H,23,27,28)/t14-,15-/m1/s1. The minimum absolute atomic E-state index is 0.140. The van der Waals surface area contributed by atoms with Crippen molar-refractivity contribution in [2.24, 2.45) is 7.05 Å². The molecule has 0 aliphatic carbocycles. The van der Waals surface area contributed by atoms with E-state index in [0.717, 1.165) is 30.0 Å². The van der Waals surface area contributed by atoms with E-state index in [-0.39, 0.29) is 12.2 Å².